The Balaban J connectivity index is 2.15. The molecule has 0 spiro atoms. The number of hydrogen-bond acceptors (Lipinski definition) is 1. The van der Waals surface area contributed by atoms with Gasteiger partial charge in [0.05, 0.1) is 0 Å². The third-order valence-corrected chi connectivity index (χ3v) is 3.32. The van der Waals surface area contributed by atoms with Crippen molar-refractivity contribution in [1.29, 1.82) is 0 Å². The molecule has 0 heterocycles. The van der Waals surface area contributed by atoms with E-state index in [-0.39, 0.29) is 11.7 Å². The lowest BCUT2D eigenvalue weighted by molar-refractivity contribution is 0.102. The molecule has 0 aliphatic rings. The average Bonchev–Trinajstić information content (AvgIpc) is 2.37. The molecule has 0 unspecified atom stereocenters. The topological polar surface area (TPSA) is 29.1 Å². The number of alkyl halides is 1. The number of carbonyl (C=O) groups excluding carboxylic acids is 1. The minimum absolute atomic E-state index is 0.244. The van der Waals surface area contributed by atoms with E-state index in [9.17, 15) is 9.18 Å². The van der Waals surface area contributed by atoms with Gasteiger partial charge in [0, 0.05) is 16.6 Å². The van der Waals surface area contributed by atoms with Gasteiger partial charge in [-0.2, -0.15) is 0 Å². The third-order valence-electron chi connectivity index (χ3n) is 2.67. The number of amides is 1. The van der Waals surface area contributed by atoms with Crippen molar-refractivity contribution >= 4 is 27.5 Å². The zero-order chi connectivity index (χ0) is 13.8. The fraction of sp³-hybridized carbons (Fsp3) is 0.133. The van der Waals surface area contributed by atoms with Crippen LogP contribution in [0.5, 0.6) is 0 Å². The molecule has 0 atom stereocenters. The molecule has 19 heavy (non-hydrogen) atoms. The first kappa shape index (κ1) is 13.7. The van der Waals surface area contributed by atoms with Crippen molar-refractivity contribution in [2.75, 3.05) is 5.32 Å². The number of rotatable bonds is 3. The smallest absolute Gasteiger partial charge is 0.255 e. The molecule has 1 N–H and O–H groups in total. The molecule has 2 nitrogen and oxygen atoms in total. The van der Waals surface area contributed by atoms with Gasteiger partial charge in [0.1, 0.15) is 5.82 Å². The monoisotopic (exact) mass is 321 g/mol. The van der Waals surface area contributed by atoms with E-state index in [4.69, 9.17) is 0 Å². The van der Waals surface area contributed by atoms with Crippen LogP contribution in [0.3, 0.4) is 0 Å². The van der Waals surface area contributed by atoms with E-state index in [0.29, 0.717) is 11.3 Å². The number of halogens is 2. The zero-order valence-corrected chi connectivity index (χ0v) is 12.0. The van der Waals surface area contributed by atoms with Crippen LogP contribution in [-0.4, -0.2) is 5.91 Å². The highest BCUT2D eigenvalue weighted by Crippen LogP contribution is 2.15. The van der Waals surface area contributed by atoms with Gasteiger partial charge in [-0.1, -0.05) is 28.1 Å². The van der Waals surface area contributed by atoms with Gasteiger partial charge in [-0.05, 0) is 48.4 Å². The first-order valence-electron chi connectivity index (χ1n) is 5.82. The molecule has 98 valence electrons. The summed E-state index contributed by atoms with van der Waals surface area (Å²) < 4.78 is 13.2. The molecule has 0 saturated carbocycles. The number of benzene rings is 2. The number of nitrogens with one attached hydrogen (secondary N) is 1. The Labute approximate surface area is 119 Å². The van der Waals surface area contributed by atoms with E-state index < -0.39 is 0 Å². The van der Waals surface area contributed by atoms with Gasteiger partial charge in [-0.15, -0.1) is 0 Å². The number of anilines is 1. The van der Waals surface area contributed by atoms with Crippen LogP contribution in [0.15, 0.2) is 42.5 Å². The van der Waals surface area contributed by atoms with E-state index in [1.165, 1.54) is 12.1 Å². The van der Waals surface area contributed by atoms with Crippen LogP contribution in [0.2, 0.25) is 0 Å². The van der Waals surface area contributed by atoms with E-state index in [1.807, 2.05) is 12.1 Å². The predicted octanol–water partition coefficient (Wildman–Crippen LogP) is 4.28. The molecule has 0 aromatic heterocycles. The molecule has 0 bridgehead atoms. The maximum atomic E-state index is 13.2. The standard InChI is InChI=1S/C15H13BrFNO/c1-10-6-13(17)8-14(7-10)18-15(19)12-4-2-11(9-16)3-5-12/h2-8H,9H2,1H3,(H,18,19). The van der Waals surface area contributed by atoms with Gasteiger partial charge in [-0.25, -0.2) is 4.39 Å². The van der Waals surface area contributed by atoms with E-state index >= 15 is 0 Å². The summed E-state index contributed by atoms with van der Waals surface area (Å²) in [7, 11) is 0. The molecule has 2 aromatic rings. The maximum Gasteiger partial charge on any atom is 0.255 e. The molecule has 0 aliphatic carbocycles. The second-order valence-corrected chi connectivity index (χ2v) is 4.86. The van der Waals surface area contributed by atoms with Crippen molar-refractivity contribution in [2.24, 2.45) is 0 Å². The average molecular weight is 322 g/mol. The Bertz CT molecular complexity index is 575. The summed E-state index contributed by atoms with van der Waals surface area (Å²) in [5.41, 5.74) is 2.88. The predicted molar refractivity (Wildman–Crippen MR) is 78.2 cm³/mol. The first-order valence-corrected chi connectivity index (χ1v) is 6.94. The van der Waals surface area contributed by atoms with Gasteiger partial charge >= 0.3 is 0 Å². The Morgan fingerprint density at radius 1 is 1.21 bits per heavy atom. The Kier molecular flexibility index (Phi) is 4.32. The third kappa shape index (κ3) is 3.64. The normalized spacial score (nSPS) is 10.3. The van der Waals surface area contributed by atoms with Crippen LogP contribution in [0.25, 0.3) is 0 Å². The van der Waals surface area contributed by atoms with Crippen LogP contribution in [0.1, 0.15) is 21.5 Å². The van der Waals surface area contributed by atoms with Gasteiger partial charge in [0.25, 0.3) is 5.91 Å². The van der Waals surface area contributed by atoms with Crippen molar-refractivity contribution in [1.82, 2.24) is 0 Å². The summed E-state index contributed by atoms with van der Waals surface area (Å²) in [6.07, 6.45) is 0. The highest BCUT2D eigenvalue weighted by atomic mass is 79.9. The molecule has 0 aliphatic heterocycles. The van der Waals surface area contributed by atoms with Crippen LogP contribution >= 0.6 is 15.9 Å². The van der Waals surface area contributed by atoms with Crippen molar-refractivity contribution in [3.05, 3.63) is 65.0 Å². The van der Waals surface area contributed by atoms with Crippen LogP contribution in [0, 0.1) is 12.7 Å². The van der Waals surface area contributed by atoms with Crippen LogP contribution < -0.4 is 5.32 Å². The zero-order valence-electron chi connectivity index (χ0n) is 10.4. The lowest BCUT2D eigenvalue weighted by Gasteiger charge is -2.07. The fourth-order valence-corrected chi connectivity index (χ4v) is 2.13. The second-order valence-electron chi connectivity index (χ2n) is 4.30. The van der Waals surface area contributed by atoms with Gasteiger partial charge in [0.15, 0.2) is 0 Å². The van der Waals surface area contributed by atoms with Crippen molar-refractivity contribution in [3.63, 3.8) is 0 Å². The number of aryl methyl sites for hydroxylation is 1. The molecule has 4 heteroatoms. The van der Waals surface area contributed by atoms with E-state index in [0.717, 1.165) is 16.5 Å². The molecule has 2 aromatic carbocycles. The quantitative estimate of drug-likeness (QED) is 0.840. The summed E-state index contributed by atoms with van der Waals surface area (Å²) in [5.74, 6) is -0.601. The van der Waals surface area contributed by atoms with Crippen molar-refractivity contribution in [2.45, 2.75) is 12.3 Å². The molecule has 0 saturated heterocycles. The molecule has 0 fully saturated rings. The van der Waals surface area contributed by atoms with E-state index in [2.05, 4.69) is 21.2 Å². The summed E-state index contributed by atoms with van der Waals surface area (Å²) >= 11 is 3.35. The summed E-state index contributed by atoms with van der Waals surface area (Å²) in [4.78, 5) is 12.0. The minimum atomic E-state index is -0.357. The highest BCUT2D eigenvalue weighted by Gasteiger charge is 2.07. The van der Waals surface area contributed by atoms with Crippen LogP contribution in [-0.2, 0) is 5.33 Å². The largest absolute Gasteiger partial charge is 0.322 e. The molecule has 0 radical (unpaired) electrons. The van der Waals surface area contributed by atoms with Crippen LogP contribution in [0.4, 0.5) is 10.1 Å². The van der Waals surface area contributed by atoms with Gasteiger partial charge < -0.3 is 5.32 Å². The maximum absolute atomic E-state index is 13.2. The summed E-state index contributed by atoms with van der Waals surface area (Å²) in [5, 5.41) is 3.43. The Hall–Kier alpha value is -1.68. The number of carbonyl (C=O) groups is 1. The lowest BCUT2D eigenvalue weighted by Crippen LogP contribution is -2.12. The molecular weight excluding hydrogens is 309 g/mol. The van der Waals surface area contributed by atoms with Crippen molar-refractivity contribution in [3.8, 4) is 0 Å². The molecular formula is C15H13BrFNO. The fourth-order valence-electron chi connectivity index (χ4n) is 1.76. The summed E-state index contributed by atoms with van der Waals surface area (Å²) in [6, 6.07) is 11.7. The Morgan fingerprint density at radius 2 is 1.89 bits per heavy atom. The second kappa shape index (κ2) is 5.97. The lowest BCUT2D eigenvalue weighted by atomic mass is 10.1. The number of hydrogen-bond donors (Lipinski definition) is 1. The van der Waals surface area contributed by atoms with Crippen molar-refractivity contribution < 1.29 is 9.18 Å². The highest BCUT2D eigenvalue weighted by molar-refractivity contribution is 9.08. The molecule has 2 rings (SSSR count). The first-order chi connectivity index (χ1) is 9.08. The summed E-state index contributed by atoms with van der Waals surface area (Å²) in [6.45, 7) is 1.78. The molecule has 1 amide bonds. The van der Waals surface area contributed by atoms with Gasteiger partial charge in [0.2, 0.25) is 0 Å². The SMILES string of the molecule is Cc1cc(F)cc(NC(=O)c2ccc(CBr)cc2)c1. The minimum Gasteiger partial charge on any atom is -0.322 e. The van der Waals surface area contributed by atoms with E-state index in [1.54, 1.807) is 25.1 Å². The van der Waals surface area contributed by atoms with Gasteiger partial charge in [-0.3, -0.25) is 4.79 Å². The Morgan fingerprint density at radius 3 is 2.47 bits per heavy atom.